The molecule has 19 heavy (non-hydrogen) atoms. The van der Waals surface area contributed by atoms with Crippen LogP contribution in [0.3, 0.4) is 0 Å². The number of ether oxygens (including phenoxy) is 1. The van der Waals surface area contributed by atoms with Crippen molar-refractivity contribution in [2.45, 2.75) is 26.5 Å². The van der Waals surface area contributed by atoms with Crippen LogP contribution in [0.1, 0.15) is 29.7 Å². The zero-order chi connectivity index (χ0) is 13.8. The van der Waals surface area contributed by atoms with Gasteiger partial charge in [-0.05, 0) is 43.2 Å². The van der Waals surface area contributed by atoms with E-state index in [1.807, 2.05) is 38.1 Å². The maximum atomic E-state index is 9.42. The second-order valence-corrected chi connectivity index (χ2v) is 4.79. The maximum absolute atomic E-state index is 9.42. The molecule has 0 heterocycles. The molecule has 0 fully saturated rings. The molecule has 1 atom stereocenters. The van der Waals surface area contributed by atoms with Gasteiger partial charge in [-0.3, -0.25) is 0 Å². The lowest BCUT2D eigenvalue weighted by atomic mass is 10.1. The fourth-order valence-electron chi connectivity index (χ4n) is 1.95. The molecular weight excluding hydrogens is 238 g/mol. The molecule has 2 rings (SSSR count). The van der Waals surface area contributed by atoms with Gasteiger partial charge in [0.1, 0.15) is 18.1 Å². The van der Waals surface area contributed by atoms with E-state index in [1.165, 1.54) is 0 Å². The molecule has 0 aliphatic carbocycles. The van der Waals surface area contributed by atoms with Gasteiger partial charge in [0.2, 0.25) is 0 Å². The molecule has 0 spiro atoms. The minimum atomic E-state index is -0.0697. The lowest BCUT2D eigenvalue weighted by molar-refractivity contribution is 0.300. The van der Waals surface area contributed by atoms with Crippen molar-refractivity contribution in [2.75, 3.05) is 0 Å². The van der Waals surface area contributed by atoms with E-state index < -0.39 is 0 Å². The molecule has 3 heteroatoms. The van der Waals surface area contributed by atoms with Crippen LogP contribution in [0.5, 0.6) is 11.5 Å². The number of nitrogens with two attached hydrogens (primary N) is 1. The predicted octanol–water partition coefficient (Wildman–Crippen LogP) is 3.30. The standard InChI is InChI=1S/C16H19NO2/c1-11-6-7-15(12(2)17)16(8-11)19-10-13-4-3-5-14(18)9-13/h3-9,12,18H,10,17H2,1-2H3/t12-/m1/s1. The van der Waals surface area contributed by atoms with E-state index in [0.29, 0.717) is 6.61 Å². The van der Waals surface area contributed by atoms with Crippen LogP contribution in [0.4, 0.5) is 0 Å². The Hall–Kier alpha value is -2.00. The first-order valence-corrected chi connectivity index (χ1v) is 6.33. The molecule has 2 aromatic carbocycles. The van der Waals surface area contributed by atoms with Gasteiger partial charge in [-0.1, -0.05) is 24.3 Å². The number of aromatic hydroxyl groups is 1. The van der Waals surface area contributed by atoms with Gasteiger partial charge in [-0.25, -0.2) is 0 Å². The summed E-state index contributed by atoms with van der Waals surface area (Å²) < 4.78 is 5.83. The van der Waals surface area contributed by atoms with Crippen molar-refractivity contribution in [1.82, 2.24) is 0 Å². The topological polar surface area (TPSA) is 55.5 Å². The molecule has 0 saturated carbocycles. The van der Waals surface area contributed by atoms with E-state index in [0.717, 1.165) is 22.4 Å². The zero-order valence-corrected chi connectivity index (χ0v) is 11.3. The summed E-state index contributed by atoms with van der Waals surface area (Å²) in [5.41, 5.74) is 8.99. The van der Waals surface area contributed by atoms with Crippen LogP contribution in [0.15, 0.2) is 42.5 Å². The highest BCUT2D eigenvalue weighted by atomic mass is 16.5. The molecule has 0 radical (unpaired) electrons. The minimum absolute atomic E-state index is 0.0697. The second kappa shape index (κ2) is 5.76. The molecule has 0 aliphatic heterocycles. The second-order valence-electron chi connectivity index (χ2n) is 4.79. The van der Waals surface area contributed by atoms with Crippen LogP contribution < -0.4 is 10.5 Å². The Morgan fingerprint density at radius 2 is 2.00 bits per heavy atom. The summed E-state index contributed by atoms with van der Waals surface area (Å²) in [6.45, 7) is 4.37. The molecule has 0 unspecified atom stereocenters. The number of phenolic OH excluding ortho intramolecular Hbond substituents is 1. The van der Waals surface area contributed by atoms with Crippen molar-refractivity contribution in [3.63, 3.8) is 0 Å². The van der Waals surface area contributed by atoms with Crippen LogP contribution in [-0.4, -0.2) is 5.11 Å². The van der Waals surface area contributed by atoms with Crippen molar-refractivity contribution in [3.05, 3.63) is 59.2 Å². The summed E-state index contributed by atoms with van der Waals surface area (Å²) in [6.07, 6.45) is 0. The summed E-state index contributed by atoms with van der Waals surface area (Å²) in [5, 5.41) is 9.42. The normalized spacial score (nSPS) is 12.2. The highest BCUT2D eigenvalue weighted by Crippen LogP contribution is 2.26. The van der Waals surface area contributed by atoms with E-state index in [1.54, 1.807) is 18.2 Å². The third kappa shape index (κ3) is 3.48. The highest BCUT2D eigenvalue weighted by Gasteiger charge is 2.08. The average Bonchev–Trinajstić information content (AvgIpc) is 2.36. The fourth-order valence-corrected chi connectivity index (χ4v) is 1.95. The Morgan fingerprint density at radius 1 is 1.21 bits per heavy atom. The molecule has 3 nitrogen and oxygen atoms in total. The summed E-state index contributed by atoms with van der Waals surface area (Å²) >= 11 is 0. The van der Waals surface area contributed by atoms with Crippen LogP contribution in [-0.2, 0) is 6.61 Å². The number of benzene rings is 2. The maximum Gasteiger partial charge on any atom is 0.124 e. The summed E-state index contributed by atoms with van der Waals surface area (Å²) in [4.78, 5) is 0. The summed E-state index contributed by atoms with van der Waals surface area (Å²) in [6, 6.07) is 13.0. The fraction of sp³-hybridized carbons (Fsp3) is 0.250. The van der Waals surface area contributed by atoms with Crippen molar-refractivity contribution in [1.29, 1.82) is 0 Å². The molecule has 3 N–H and O–H groups in total. The van der Waals surface area contributed by atoms with E-state index in [9.17, 15) is 5.11 Å². The Labute approximate surface area is 113 Å². The van der Waals surface area contributed by atoms with Crippen molar-refractivity contribution in [3.8, 4) is 11.5 Å². The number of hydrogen-bond donors (Lipinski definition) is 2. The molecular formula is C16H19NO2. The summed E-state index contributed by atoms with van der Waals surface area (Å²) in [5.74, 6) is 1.05. The average molecular weight is 257 g/mol. The predicted molar refractivity (Wildman–Crippen MR) is 76.2 cm³/mol. The van der Waals surface area contributed by atoms with Gasteiger partial charge in [0.25, 0.3) is 0 Å². The molecule has 0 aliphatic rings. The SMILES string of the molecule is Cc1ccc([C@@H](C)N)c(OCc2cccc(O)c2)c1. The highest BCUT2D eigenvalue weighted by molar-refractivity contribution is 5.39. The third-order valence-electron chi connectivity index (χ3n) is 2.96. The molecule has 0 amide bonds. The Bertz CT molecular complexity index is 564. The van der Waals surface area contributed by atoms with E-state index >= 15 is 0 Å². The molecule has 0 aromatic heterocycles. The van der Waals surface area contributed by atoms with Gasteiger partial charge in [0, 0.05) is 11.6 Å². The van der Waals surface area contributed by atoms with E-state index in [2.05, 4.69) is 0 Å². The lowest BCUT2D eigenvalue weighted by Crippen LogP contribution is -2.08. The van der Waals surface area contributed by atoms with Crippen LogP contribution >= 0.6 is 0 Å². The Balaban J connectivity index is 2.17. The quantitative estimate of drug-likeness (QED) is 0.883. The minimum Gasteiger partial charge on any atom is -0.508 e. The Kier molecular flexibility index (Phi) is 4.07. The number of phenols is 1. The number of aryl methyl sites for hydroxylation is 1. The first-order chi connectivity index (χ1) is 9.06. The van der Waals surface area contributed by atoms with Gasteiger partial charge in [-0.15, -0.1) is 0 Å². The van der Waals surface area contributed by atoms with E-state index in [4.69, 9.17) is 10.5 Å². The first kappa shape index (κ1) is 13.4. The van der Waals surface area contributed by atoms with Gasteiger partial charge in [0.15, 0.2) is 0 Å². The molecule has 0 saturated heterocycles. The zero-order valence-electron chi connectivity index (χ0n) is 11.3. The Morgan fingerprint density at radius 3 is 2.68 bits per heavy atom. The van der Waals surface area contributed by atoms with Crippen molar-refractivity contribution in [2.24, 2.45) is 5.73 Å². The lowest BCUT2D eigenvalue weighted by Gasteiger charge is -2.15. The number of hydrogen-bond acceptors (Lipinski definition) is 3. The van der Waals surface area contributed by atoms with Crippen LogP contribution in [0.25, 0.3) is 0 Å². The van der Waals surface area contributed by atoms with Gasteiger partial charge < -0.3 is 15.6 Å². The van der Waals surface area contributed by atoms with Crippen LogP contribution in [0, 0.1) is 6.92 Å². The largest absolute Gasteiger partial charge is 0.508 e. The van der Waals surface area contributed by atoms with Gasteiger partial charge in [-0.2, -0.15) is 0 Å². The monoisotopic (exact) mass is 257 g/mol. The third-order valence-corrected chi connectivity index (χ3v) is 2.96. The van der Waals surface area contributed by atoms with Crippen molar-refractivity contribution >= 4 is 0 Å². The molecule has 100 valence electrons. The van der Waals surface area contributed by atoms with Crippen LogP contribution in [0.2, 0.25) is 0 Å². The number of rotatable bonds is 4. The van der Waals surface area contributed by atoms with Gasteiger partial charge >= 0.3 is 0 Å². The van der Waals surface area contributed by atoms with E-state index in [-0.39, 0.29) is 11.8 Å². The smallest absolute Gasteiger partial charge is 0.124 e. The first-order valence-electron chi connectivity index (χ1n) is 6.33. The molecule has 0 bridgehead atoms. The summed E-state index contributed by atoms with van der Waals surface area (Å²) in [7, 11) is 0. The molecule has 2 aromatic rings. The van der Waals surface area contributed by atoms with Crippen molar-refractivity contribution < 1.29 is 9.84 Å². The van der Waals surface area contributed by atoms with Gasteiger partial charge in [0.05, 0.1) is 0 Å².